The Labute approximate surface area is 237 Å². The molecule has 0 spiro atoms. The summed E-state index contributed by atoms with van der Waals surface area (Å²) in [5, 5.41) is 7.83. The molecule has 3 fully saturated rings. The Kier molecular flexibility index (Phi) is 7.39. The lowest BCUT2D eigenvalue weighted by molar-refractivity contribution is -0.136. The number of nitrogens with zero attached hydrogens (tertiary/aromatic N) is 6. The minimum absolute atomic E-state index is 0.193. The van der Waals surface area contributed by atoms with Crippen molar-refractivity contribution in [3.8, 4) is 0 Å². The molecule has 0 saturated carbocycles. The first kappa shape index (κ1) is 26.9. The number of nitrogens with one attached hydrogen (secondary N) is 1. The number of fused-ring (bicyclic) bond motifs is 1. The summed E-state index contributed by atoms with van der Waals surface area (Å²) in [6, 6.07) is 8.62. The van der Waals surface area contributed by atoms with Gasteiger partial charge in [0.1, 0.15) is 11.7 Å². The third kappa shape index (κ3) is 5.64. The molecule has 0 bridgehead atoms. The molecule has 1 atom stereocenters. The lowest BCUT2D eigenvalue weighted by Crippen LogP contribution is -2.49. The molecule has 5 heterocycles. The number of imide groups is 1. The number of piperidine rings is 2. The van der Waals surface area contributed by atoms with E-state index in [0.717, 1.165) is 75.4 Å². The van der Waals surface area contributed by atoms with E-state index in [1.807, 2.05) is 24.3 Å². The van der Waals surface area contributed by atoms with Crippen molar-refractivity contribution in [1.29, 1.82) is 0 Å². The van der Waals surface area contributed by atoms with E-state index in [-0.39, 0.29) is 30.0 Å². The van der Waals surface area contributed by atoms with E-state index in [9.17, 15) is 19.2 Å². The zero-order valence-electron chi connectivity index (χ0n) is 22.9. The summed E-state index contributed by atoms with van der Waals surface area (Å²) in [6.45, 7) is 6.80. The van der Waals surface area contributed by atoms with Gasteiger partial charge in [0.05, 0.1) is 23.5 Å². The van der Waals surface area contributed by atoms with E-state index in [1.165, 1.54) is 4.68 Å². The number of anilines is 2. The SMILES string of the molecule is NC(=O)c1ccc(N2CCC(CN3CCN(c4ccc5c(=O)n([C@@H]6CCC(=O)NC6=O)ncc5c4)CC3)CC2)cn1. The van der Waals surface area contributed by atoms with Crippen molar-refractivity contribution in [3.05, 3.63) is 58.8 Å². The quantitative estimate of drug-likeness (QED) is 0.421. The Morgan fingerprint density at radius 3 is 2.32 bits per heavy atom. The molecule has 1 aromatic carbocycles. The third-order valence-electron chi connectivity index (χ3n) is 8.53. The number of carbonyl (C=O) groups excluding carboxylic acids is 3. The summed E-state index contributed by atoms with van der Waals surface area (Å²) in [6.07, 6.45) is 6.07. The highest BCUT2D eigenvalue weighted by Gasteiger charge is 2.30. The summed E-state index contributed by atoms with van der Waals surface area (Å²) in [4.78, 5) is 59.5. The van der Waals surface area contributed by atoms with Crippen LogP contribution >= 0.6 is 0 Å². The van der Waals surface area contributed by atoms with Crippen LogP contribution in [0.5, 0.6) is 0 Å². The number of nitrogens with two attached hydrogens (primary N) is 1. The molecule has 0 unspecified atom stereocenters. The molecule has 12 heteroatoms. The molecule has 41 heavy (non-hydrogen) atoms. The molecule has 0 radical (unpaired) electrons. The van der Waals surface area contributed by atoms with Gasteiger partial charge < -0.3 is 15.5 Å². The van der Waals surface area contributed by atoms with Crippen LogP contribution in [0.25, 0.3) is 10.8 Å². The molecular weight excluding hydrogens is 524 g/mol. The van der Waals surface area contributed by atoms with Gasteiger partial charge in [-0.2, -0.15) is 5.10 Å². The Morgan fingerprint density at radius 1 is 0.902 bits per heavy atom. The second kappa shape index (κ2) is 11.3. The number of amides is 3. The molecule has 3 saturated heterocycles. The number of aromatic nitrogens is 3. The first-order valence-electron chi connectivity index (χ1n) is 14.2. The van der Waals surface area contributed by atoms with Crippen LogP contribution in [0.3, 0.4) is 0 Å². The van der Waals surface area contributed by atoms with E-state index in [1.54, 1.807) is 18.5 Å². The van der Waals surface area contributed by atoms with E-state index in [4.69, 9.17) is 5.73 Å². The number of primary amides is 1. The molecule has 2 aromatic heterocycles. The smallest absolute Gasteiger partial charge is 0.275 e. The van der Waals surface area contributed by atoms with Gasteiger partial charge in [-0.05, 0) is 55.5 Å². The normalized spacial score (nSPS) is 20.8. The molecule has 3 aliphatic heterocycles. The van der Waals surface area contributed by atoms with Gasteiger partial charge >= 0.3 is 0 Å². The van der Waals surface area contributed by atoms with Crippen LogP contribution in [0, 0.1) is 5.92 Å². The van der Waals surface area contributed by atoms with E-state index in [0.29, 0.717) is 11.3 Å². The number of piperazine rings is 1. The van der Waals surface area contributed by atoms with Crippen molar-refractivity contribution in [2.45, 2.75) is 31.7 Å². The topological polar surface area (TPSA) is 147 Å². The van der Waals surface area contributed by atoms with Gasteiger partial charge in [-0.25, -0.2) is 9.67 Å². The zero-order valence-corrected chi connectivity index (χ0v) is 22.9. The predicted octanol–water partition coefficient (Wildman–Crippen LogP) is 0.907. The Bertz CT molecular complexity index is 1520. The average molecular weight is 559 g/mol. The first-order chi connectivity index (χ1) is 19.9. The predicted molar refractivity (Wildman–Crippen MR) is 154 cm³/mol. The van der Waals surface area contributed by atoms with Crippen molar-refractivity contribution in [2.24, 2.45) is 11.7 Å². The molecule has 0 aliphatic carbocycles. The molecule has 3 aliphatic rings. The summed E-state index contributed by atoms with van der Waals surface area (Å²) < 4.78 is 1.20. The van der Waals surface area contributed by atoms with E-state index in [2.05, 4.69) is 30.1 Å². The number of hydrogen-bond acceptors (Lipinski definition) is 9. The number of hydrogen-bond donors (Lipinski definition) is 2. The molecule has 214 valence electrons. The lowest BCUT2D eigenvalue weighted by atomic mass is 9.95. The summed E-state index contributed by atoms with van der Waals surface area (Å²) in [5.74, 6) is -0.666. The Hall–Kier alpha value is -4.32. The second-order valence-corrected chi connectivity index (χ2v) is 11.1. The fourth-order valence-corrected chi connectivity index (χ4v) is 6.13. The van der Waals surface area contributed by atoms with E-state index < -0.39 is 17.9 Å². The van der Waals surface area contributed by atoms with E-state index >= 15 is 0 Å². The van der Waals surface area contributed by atoms with Gasteiger partial charge in [0.25, 0.3) is 17.4 Å². The molecular formula is C29H34N8O4. The summed E-state index contributed by atoms with van der Waals surface area (Å²) in [7, 11) is 0. The molecule has 6 rings (SSSR count). The number of pyridine rings is 1. The molecule has 3 N–H and O–H groups in total. The maximum atomic E-state index is 13.1. The van der Waals surface area contributed by atoms with Crippen molar-refractivity contribution in [2.75, 3.05) is 55.6 Å². The maximum absolute atomic E-state index is 13.1. The van der Waals surface area contributed by atoms with Crippen molar-refractivity contribution in [3.63, 3.8) is 0 Å². The zero-order chi connectivity index (χ0) is 28.5. The van der Waals surface area contributed by atoms with Crippen LogP contribution in [-0.4, -0.2) is 83.2 Å². The minimum atomic E-state index is -0.767. The van der Waals surface area contributed by atoms with Crippen LogP contribution in [-0.2, 0) is 9.59 Å². The third-order valence-corrected chi connectivity index (χ3v) is 8.53. The Balaban J connectivity index is 1.02. The van der Waals surface area contributed by atoms with Gasteiger partial charge in [0.2, 0.25) is 5.91 Å². The monoisotopic (exact) mass is 558 g/mol. The van der Waals surface area contributed by atoms with Crippen LogP contribution in [0.15, 0.2) is 47.5 Å². The van der Waals surface area contributed by atoms with Crippen molar-refractivity contribution in [1.82, 2.24) is 25.0 Å². The summed E-state index contributed by atoms with van der Waals surface area (Å²) >= 11 is 0. The highest BCUT2D eigenvalue weighted by molar-refractivity contribution is 5.99. The number of benzene rings is 1. The Morgan fingerprint density at radius 2 is 1.63 bits per heavy atom. The fraction of sp³-hybridized carbons (Fsp3) is 0.448. The summed E-state index contributed by atoms with van der Waals surface area (Å²) in [5.41, 5.74) is 7.35. The van der Waals surface area contributed by atoms with Crippen LogP contribution < -0.4 is 26.4 Å². The van der Waals surface area contributed by atoms with Gasteiger partial charge in [0, 0.05) is 63.3 Å². The molecule has 12 nitrogen and oxygen atoms in total. The average Bonchev–Trinajstić information content (AvgIpc) is 2.98. The second-order valence-electron chi connectivity index (χ2n) is 11.1. The van der Waals surface area contributed by atoms with Crippen LogP contribution in [0.2, 0.25) is 0 Å². The molecule has 3 amide bonds. The minimum Gasteiger partial charge on any atom is -0.370 e. The van der Waals surface area contributed by atoms with Gasteiger partial charge in [0.15, 0.2) is 0 Å². The lowest BCUT2D eigenvalue weighted by Gasteiger charge is -2.40. The van der Waals surface area contributed by atoms with Gasteiger partial charge in [-0.3, -0.25) is 29.4 Å². The van der Waals surface area contributed by atoms with Gasteiger partial charge in [-0.15, -0.1) is 0 Å². The maximum Gasteiger partial charge on any atom is 0.275 e. The number of rotatable bonds is 6. The standard InChI is InChI=1S/C29H34N8O4/c30-27(39)24-4-2-22(17-31-24)35-9-7-19(8-10-35)18-34-11-13-36(14-12-34)21-1-3-23-20(15-21)16-32-37(29(23)41)25-5-6-26(38)33-28(25)40/h1-4,15-17,19,25H,5-14,18H2,(H2,30,39)(H,33,38,40)/t25-/m1/s1. The number of carbonyl (C=O) groups is 3. The highest BCUT2D eigenvalue weighted by Crippen LogP contribution is 2.26. The molecule has 3 aromatic rings. The van der Waals surface area contributed by atoms with Crippen molar-refractivity contribution >= 4 is 39.9 Å². The fourth-order valence-electron chi connectivity index (χ4n) is 6.13. The van der Waals surface area contributed by atoms with Gasteiger partial charge in [-0.1, -0.05) is 0 Å². The van der Waals surface area contributed by atoms with Crippen molar-refractivity contribution < 1.29 is 14.4 Å². The van der Waals surface area contributed by atoms with Crippen LogP contribution in [0.1, 0.15) is 42.2 Å². The first-order valence-corrected chi connectivity index (χ1v) is 14.2. The highest BCUT2D eigenvalue weighted by atomic mass is 16.2. The van der Waals surface area contributed by atoms with Crippen LogP contribution in [0.4, 0.5) is 11.4 Å². The largest absolute Gasteiger partial charge is 0.370 e.